The topological polar surface area (TPSA) is 72.7 Å². The number of hydrogen-bond acceptors (Lipinski definition) is 6. The molecule has 0 saturated carbocycles. The largest absolute Gasteiger partial charge is 0.490 e. The van der Waals surface area contributed by atoms with Crippen molar-refractivity contribution in [2.24, 2.45) is 0 Å². The Labute approximate surface area is 159 Å². The SMILES string of the molecule is COc1ccc(/C=C2/SC(=S)N(Cc3ccccc3)C2=O)cc1[N+](=O)[O-]. The maximum atomic E-state index is 12.7. The minimum atomic E-state index is -0.517. The summed E-state index contributed by atoms with van der Waals surface area (Å²) in [6.45, 7) is 0.394. The first-order chi connectivity index (χ1) is 12.5. The lowest BCUT2D eigenvalue weighted by Gasteiger charge is -2.14. The molecule has 0 atom stereocenters. The van der Waals surface area contributed by atoms with Crippen molar-refractivity contribution >= 4 is 46.0 Å². The number of rotatable bonds is 5. The van der Waals surface area contributed by atoms with Gasteiger partial charge in [0.25, 0.3) is 5.91 Å². The van der Waals surface area contributed by atoms with E-state index in [0.29, 0.717) is 21.3 Å². The third-order valence-electron chi connectivity index (χ3n) is 3.75. The monoisotopic (exact) mass is 386 g/mol. The number of carbonyl (C=O) groups is 1. The highest BCUT2D eigenvalue weighted by Gasteiger charge is 2.32. The summed E-state index contributed by atoms with van der Waals surface area (Å²) in [4.78, 5) is 25.2. The van der Waals surface area contributed by atoms with Gasteiger partial charge in [0.1, 0.15) is 4.32 Å². The predicted molar refractivity (Wildman–Crippen MR) is 105 cm³/mol. The van der Waals surface area contributed by atoms with Crippen molar-refractivity contribution < 1.29 is 14.5 Å². The predicted octanol–water partition coefficient (Wildman–Crippen LogP) is 4.00. The van der Waals surface area contributed by atoms with E-state index in [0.717, 1.165) is 5.56 Å². The van der Waals surface area contributed by atoms with Crippen molar-refractivity contribution in [3.63, 3.8) is 0 Å². The molecular weight excluding hydrogens is 372 g/mol. The van der Waals surface area contributed by atoms with Crippen LogP contribution in [0.1, 0.15) is 11.1 Å². The first-order valence-electron chi connectivity index (χ1n) is 7.61. The molecule has 1 amide bonds. The third kappa shape index (κ3) is 3.76. The van der Waals surface area contributed by atoms with Gasteiger partial charge in [-0.3, -0.25) is 19.8 Å². The lowest BCUT2D eigenvalue weighted by molar-refractivity contribution is -0.385. The van der Waals surface area contributed by atoms with Crippen LogP contribution in [0.5, 0.6) is 5.75 Å². The van der Waals surface area contributed by atoms with Crippen LogP contribution in [0.4, 0.5) is 5.69 Å². The van der Waals surface area contributed by atoms with Gasteiger partial charge < -0.3 is 4.74 Å². The van der Waals surface area contributed by atoms with Crippen LogP contribution in [0.3, 0.4) is 0 Å². The van der Waals surface area contributed by atoms with Gasteiger partial charge in [0.2, 0.25) is 0 Å². The first-order valence-corrected chi connectivity index (χ1v) is 8.84. The van der Waals surface area contributed by atoms with Crippen LogP contribution in [0.15, 0.2) is 53.4 Å². The molecule has 0 aromatic heterocycles. The van der Waals surface area contributed by atoms with Crippen LogP contribution in [-0.4, -0.2) is 27.2 Å². The van der Waals surface area contributed by atoms with Gasteiger partial charge >= 0.3 is 5.69 Å². The summed E-state index contributed by atoms with van der Waals surface area (Å²) in [5, 5.41) is 11.1. The maximum absolute atomic E-state index is 12.7. The van der Waals surface area contributed by atoms with Crippen molar-refractivity contribution in [1.29, 1.82) is 0 Å². The first kappa shape index (κ1) is 18.1. The molecule has 0 bridgehead atoms. The number of thiocarbonyl (C=S) groups is 1. The van der Waals surface area contributed by atoms with Gasteiger partial charge in [0, 0.05) is 6.07 Å². The second-order valence-corrected chi connectivity index (χ2v) is 7.12. The molecule has 0 radical (unpaired) electrons. The van der Waals surface area contributed by atoms with Crippen LogP contribution < -0.4 is 4.74 Å². The molecule has 8 heteroatoms. The van der Waals surface area contributed by atoms with Crippen LogP contribution in [0.2, 0.25) is 0 Å². The lowest BCUT2D eigenvalue weighted by Crippen LogP contribution is -2.27. The molecule has 0 aliphatic carbocycles. The molecule has 132 valence electrons. The van der Waals surface area contributed by atoms with E-state index in [1.807, 2.05) is 30.3 Å². The van der Waals surface area contributed by atoms with E-state index >= 15 is 0 Å². The molecule has 1 aliphatic heterocycles. The second-order valence-electron chi connectivity index (χ2n) is 5.44. The van der Waals surface area contributed by atoms with E-state index in [2.05, 4.69) is 0 Å². The summed E-state index contributed by atoms with van der Waals surface area (Å²) < 4.78 is 5.46. The van der Waals surface area contributed by atoms with E-state index in [1.165, 1.54) is 35.9 Å². The van der Waals surface area contributed by atoms with Gasteiger partial charge in [-0.1, -0.05) is 60.4 Å². The number of thioether (sulfide) groups is 1. The van der Waals surface area contributed by atoms with Gasteiger partial charge in [-0.05, 0) is 23.3 Å². The van der Waals surface area contributed by atoms with Gasteiger partial charge in [-0.2, -0.15) is 0 Å². The molecule has 2 aromatic carbocycles. The fraction of sp³-hybridized carbons (Fsp3) is 0.111. The van der Waals surface area contributed by atoms with E-state index in [4.69, 9.17) is 17.0 Å². The minimum absolute atomic E-state index is 0.152. The number of ether oxygens (including phenoxy) is 1. The number of methoxy groups -OCH3 is 1. The fourth-order valence-corrected chi connectivity index (χ4v) is 3.75. The smallest absolute Gasteiger partial charge is 0.311 e. The minimum Gasteiger partial charge on any atom is -0.490 e. The normalized spacial score (nSPS) is 15.6. The number of carbonyl (C=O) groups excluding carboxylic acids is 1. The Morgan fingerprint density at radius 1 is 1.27 bits per heavy atom. The Bertz CT molecular complexity index is 913. The molecule has 0 unspecified atom stereocenters. The zero-order chi connectivity index (χ0) is 18.7. The van der Waals surface area contributed by atoms with Crippen molar-refractivity contribution in [2.75, 3.05) is 7.11 Å². The highest BCUT2D eigenvalue weighted by Crippen LogP contribution is 2.35. The number of nitro benzene ring substituents is 1. The van der Waals surface area contributed by atoms with Crippen molar-refractivity contribution in [3.05, 3.63) is 74.7 Å². The van der Waals surface area contributed by atoms with Crippen molar-refractivity contribution in [3.8, 4) is 5.75 Å². The standard InChI is InChI=1S/C18H14N2O4S2/c1-24-15-8-7-13(9-14(15)20(22)23)10-16-17(21)19(18(25)26-16)11-12-5-3-2-4-6-12/h2-10H,11H2,1H3/b16-10+. The highest BCUT2D eigenvalue weighted by molar-refractivity contribution is 8.26. The maximum Gasteiger partial charge on any atom is 0.311 e. The molecule has 1 fully saturated rings. The highest BCUT2D eigenvalue weighted by atomic mass is 32.2. The average Bonchev–Trinajstić information content (AvgIpc) is 2.90. The zero-order valence-corrected chi connectivity index (χ0v) is 15.4. The third-order valence-corrected chi connectivity index (χ3v) is 5.13. The van der Waals surface area contributed by atoms with Gasteiger partial charge in [-0.15, -0.1) is 0 Å². The van der Waals surface area contributed by atoms with E-state index in [1.54, 1.807) is 12.1 Å². The van der Waals surface area contributed by atoms with Crippen LogP contribution in [-0.2, 0) is 11.3 Å². The number of benzene rings is 2. The van der Waals surface area contributed by atoms with Gasteiger partial charge in [-0.25, -0.2) is 0 Å². The summed E-state index contributed by atoms with van der Waals surface area (Å²) in [5.74, 6) is -0.0360. The van der Waals surface area contributed by atoms with Gasteiger partial charge in [0.15, 0.2) is 5.75 Å². The average molecular weight is 386 g/mol. The quantitative estimate of drug-likeness (QED) is 0.335. The molecule has 3 rings (SSSR count). The Morgan fingerprint density at radius 2 is 2.00 bits per heavy atom. The number of hydrogen-bond donors (Lipinski definition) is 0. The van der Waals surface area contributed by atoms with Crippen molar-refractivity contribution in [2.45, 2.75) is 6.54 Å². The Kier molecular flexibility index (Phi) is 5.34. The Balaban J connectivity index is 1.86. The number of nitrogens with zero attached hydrogens (tertiary/aromatic N) is 2. The molecule has 0 N–H and O–H groups in total. The van der Waals surface area contributed by atoms with Crippen molar-refractivity contribution in [1.82, 2.24) is 4.90 Å². The van der Waals surface area contributed by atoms with Crippen LogP contribution >= 0.6 is 24.0 Å². The molecule has 1 saturated heterocycles. The van der Waals surface area contributed by atoms with Gasteiger partial charge in [0.05, 0.1) is 23.5 Å². The molecule has 1 heterocycles. The van der Waals surface area contributed by atoms with E-state index in [9.17, 15) is 14.9 Å². The Hall–Kier alpha value is -2.71. The summed E-state index contributed by atoms with van der Waals surface area (Å²) >= 11 is 6.50. The molecular formula is C18H14N2O4S2. The lowest BCUT2D eigenvalue weighted by atomic mass is 10.1. The molecule has 26 heavy (non-hydrogen) atoms. The molecule has 1 aliphatic rings. The molecule has 6 nitrogen and oxygen atoms in total. The summed E-state index contributed by atoms with van der Waals surface area (Å²) in [5.41, 5.74) is 1.36. The molecule has 0 spiro atoms. The fourth-order valence-electron chi connectivity index (χ4n) is 2.49. The number of nitro groups is 1. The van der Waals surface area contributed by atoms with E-state index < -0.39 is 4.92 Å². The zero-order valence-electron chi connectivity index (χ0n) is 13.7. The van der Waals surface area contributed by atoms with Crippen LogP contribution in [0.25, 0.3) is 6.08 Å². The second kappa shape index (κ2) is 7.67. The number of amides is 1. The molecule has 2 aromatic rings. The van der Waals surface area contributed by atoms with E-state index in [-0.39, 0.29) is 17.3 Å². The summed E-state index contributed by atoms with van der Waals surface area (Å²) in [6, 6.07) is 14.1. The van der Waals surface area contributed by atoms with Crippen LogP contribution in [0, 0.1) is 10.1 Å². The Morgan fingerprint density at radius 3 is 2.65 bits per heavy atom. The summed E-state index contributed by atoms with van der Waals surface area (Å²) in [6.07, 6.45) is 1.61. The summed E-state index contributed by atoms with van der Waals surface area (Å²) in [7, 11) is 1.37.